The summed E-state index contributed by atoms with van der Waals surface area (Å²) in [7, 11) is 0. The SMILES string of the molecule is Cc1cc(Cl)ccc1NC(=O)COC(=O)c1ccoc1C. The van der Waals surface area contributed by atoms with E-state index in [2.05, 4.69) is 5.32 Å². The third-order valence-corrected chi connectivity index (χ3v) is 3.11. The highest BCUT2D eigenvalue weighted by Gasteiger charge is 2.15. The lowest BCUT2D eigenvalue weighted by atomic mass is 10.2. The summed E-state index contributed by atoms with van der Waals surface area (Å²) in [5, 5.41) is 3.24. The first-order valence-corrected chi connectivity index (χ1v) is 6.62. The fraction of sp³-hybridized carbons (Fsp3) is 0.200. The maximum atomic E-state index is 11.8. The van der Waals surface area contributed by atoms with Crippen molar-refractivity contribution in [3.05, 3.63) is 52.4 Å². The van der Waals surface area contributed by atoms with E-state index < -0.39 is 11.9 Å². The van der Waals surface area contributed by atoms with Crippen molar-refractivity contribution in [1.82, 2.24) is 0 Å². The van der Waals surface area contributed by atoms with E-state index in [1.54, 1.807) is 25.1 Å². The van der Waals surface area contributed by atoms with E-state index in [1.807, 2.05) is 6.92 Å². The van der Waals surface area contributed by atoms with Crippen molar-refractivity contribution < 1.29 is 18.7 Å². The molecular formula is C15H14ClNO4. The van der Waals surface area contributed by atoms with Gasteiger partial charge in [0.1, 0.15) is 11.3 Å². The Morgan fingerprint density at radius 3 is 2.67 bits per heavy atom. The molecule has 2 rings (SSSR count). The van der Waals surface area contributed by atoms with Crippen LogP contribution in [0.1, 0.15) is 21.7 Å². The summed E-state index contributed by atoms with van der Waals surface area (Å²) in [6.07, 6.45) is 1.39. The molecule has 0 radical (unpaired) electrons. The van der Waals surface area contributed by atoms with Crippen LogP contribution in [0.5, 0.6) is 0 Å². The molecule has 21 heavy (non-hydrogen) atoms. The number of anilines is 1. The maximum absolute atomic E-state index is 11.8. The van der Waals surface area contributed by atoms with E-state index in [4.69, 9.17) is 20.8 Å². The van der Waals surface area contributed by atoms with Crippen LogP contribution in [0.25, 0.3) is 0 Å². The molecule has 0 saturated heterocycles. The van der Waals surface area contributed by atoms with Crippen molar-refractivity contribution in [2.75, 3.05) is 11.9 Å². The molecule has 0 unspecified atom stereocenters. The van der Waals surface area contributed by atoms with Gasteiger partial charge in [0.2, 0.25) is 0 Å². The molecule has 0 aliphatic carbocycles. The molecule has 0 aliphatic heterocycles. The minimum absolute atomic E-state index is 0.311. The number of furan rings is 1. The van der Waals surface area contributed by atoms with Crippen LogP contribution in [0.3, 0.4) is 0 Å². The van der Waals surface area contributed by atoms with Crippen molar-refractivity contribution in [3.63, 3.8) is 0 Å². The van der Waals surface area contributed by atoms with Gasteiger partial charge in [-0.25, -0.2) is 4.79 Å². The van der Waals surface area contributed by atoms with Crippen LogP contribution in [-0.4, -0.2) is 18.5 Å². The Balaban J connectivity index is 1.90. The number of hydrogen-bond donors (Lipinski definition) is 1. The van der Waals surface area contributed by atoms with E-state index >= 15 is 0 Å². The number of nitrogens with one attached hydrogen (secondary N) is 1. The third kappa shape index (κ3) is 3.86. The van der Waals surface area contributed by atoms with Crippen molar-refractivity contribution in [2.45, 2.75) is 13.8 Å². The summed E-state index contributed by atoms with van der Waals surface area (Å²) in [4.78, 5) is 23.5. The van der Waals surface area contributed by atoms with Gasteiger partial charge in [-0.15, -0.1) is 0 Å². The van der Waals surface area contributed by atoms with Crippen LogP contribution in [-0.2, 0) is 9.53 Å². The summed E-state index contributed by atoms with van der Waals surface area (Å²) in [6.45, 7) is 3.10. The van der Waals surface area contributed by atoms with Crippen LogP contribution < -0.4 is 5.32 Å². The summed E-state index contributed by atoms with van der Waals surface area (Å²) in [5.41, 5.74) is 1.76. The van der Waals surface area contributed by atoms with E-state index in [9.17, 15) is 9.59 Å². The smallest absolute Gasteiger partial charge is 0.342 e. The highest BCUT2D eigenvalue weighted by molar-refractivity contribution is 6.30. The van der Waals surface area contributed by atoms with Crippen LogP contribution in [0, 0.1) is 13.8 Å². The molecule has 2 aromatic rings. The summed E-state index contributed by atoms with van der Waals surface area (Å²) < 4.78 is 9.93. The van der Waals surface area contributed by atoms with Crippen LogP contribution in [0.2, 0.25) is 5.02 Å². The molecule has 1 heterocycles. The number of carbonyl (C=O) groups excluding carboxylic acids is 2. The zero-order valence-corrected chi connectivity index (χ0v) is 12.4. The fourth-order valence-electron chi connectivity index (χ4n) is 1.76. The number of carbonyl (C=O) groups is 2. The van der Waals surface area contributed by atoms with Gasteiger partial charge in [0.25, 0.3) is 5.91 Å². The average Bonchev–Trinajstić information content (AvgIpc) is 2.85. The highest BCUT2D eigenvalue weighted by Crippen LogP contribution is 2.19. The van der Waals surface area contributed by atoms with Crippen LogP contribution >= 0.6 is 11.6 Å². The van der Waals surface area contributed by atoms with Gasteiger partial charge < -0.3 is 14.5 Å². The molecule has 1 N–H and O–H groups in total. The van der Waals surface area contributed by atoms with Crippen molar-refractivity contribution in [2.24, 2.45) is 0 Å². The topological polar surface area (TPSA) is 68.5 Å². The van der Waals surface area contributed by atoms with E-state index in [-0.39, 0.29) is 6.61 Å². The Morgan fingerprint density at radius 2 is 2.05 bits per heavy atom. The van der Waals surface area contributed by atoms with E-state index in [0.717, 1.165) is 5.56 Å². The fourth-order valence-corrected chi connectivity index (χ4v) is 1.99. The number of esters is 1. The van der Waals surface area contributed by atoms with Crippen LogP contribution in [0.15, 0.2) is 34.9 Å². The second kappa shape index (κ2) is 6.45. The number of aryl methyl sites for hydroxylation is 2. The molecule has 1 aromatic heterocycles. The average molecular weight is 308 g/mol. The molecule has 0 bridgehead atoms. The van der Waals surface area contributed by atoms with Crippen molar-refractivity contribution >= 4 is 29.2 Å². The minimum atomic E-state index is -0.593. The Bertz CT molecular complexity index is 678. The lowest BCUT2D eigenvalue weighted by molar-refractivity contribution is -0.119. The van der Waals surface area contributed by atoms with Crippen molar-refractivity contribution in [3.8, 4) is 0 Å². The van der Waals surface area contributed by atoms with Gasteiger partial charge in [-0.1, -0.05) is 11.6 Å². The van der Waals surface area contributed by atoms with E-state index in [1.165, 1.54) is 12.3 Å². The lowest BCUT2D eigenvalue weighted by Gasteiger charge is -2.09. The van der Waals surface area contributed by atoms with Gasteiger partial charge in [-0.3, -0.25) is 4.79 Å². The standard InChI is InChI=1S/C15H14ClNO4/c1-9-7-11(16)3-4-13(9)17-14(18)8-21-15(19)12-5-6-20-10(12)2/h3-7H,8H2,1-2H3,(H,17,18). The number of amides is 1. The molecule has 0 aliphatic rings. The Kier molecular flexibility index (Phi) is 4.65. The molecule has 110 valence electrons. The summed E-state index contributed by atoms with van der Waals surface area (Å²) in [6, 6.07) is 6.60. The Labute approximate surface area is 126 Å². The largest absolute Gasteiger partial charge is 0.469 e. The third-order valence-electron chi connectivity index (χ3n) is 2.88. The minimum Gasteiger partial charge on any atom is -0.469 e. The molecular weight excluding hydrogens is 294 g/mol. The maximum Gasteiger partial charge on any atom is 0.342 e. The number of halogens is 1. The Hall–Kier alpha value is -2.27. The van der Waals surface area contributed by atoms with Gasteiger partial charge in [0.05, 0.1) is 6.26 Å². The highest BCUT2D eigenvalue weighted by atomic mass is 35.5. The number of rotatable bonds is 4. The van der Waals surface area contributed by atoms with Gasteiger partial charge >= 0.3 is 5.97 Å². The molecule has 6 heteroatoms. The van der Waals surface area contributed by atoms with Gasteiger partial charge in [-0.2, -0.15) is 0 Å². The van der Waals surface area contributed by atoms with Crippen molar-refractivity contribution in [1.29, 1.82) is 0 Å². The van der Waals surface area contributed by atoms with Gasteiger partial charge in [-0.05, 0) is 43.7 Å². The molecule has 1 amide bonds. The molecule has 0 spiro atoms. The first-order valence-electron chi connectivity index (χ1n) is 6.24. The lowest BCUT2D eigenvalue weighted by Crippen LogP contribution is -2.21. The van der Waals surface area contributed by atoms with Gasteiger partial charge in [0, 0.05) is 10.7 Å². The number of benzene rings is 1. The molecule has 1 aromatic carbocycles. The summed E-state index contributed by atoms with van der Waals surface area (Å²) in [5.74, 6) is -0.562. The molecule has 0 fully saturated rings. The number of hydrogen-bond acceptors (Lipinski definition) is 4. The normalized spacial score (nSPS) is 10.2. The molecule has 0 atom stereocenters. The van der Waals surface area contributed by atoms with Crippen LogP contribution in [0.4, 0.5) is 5.69 Å². The monoisotopic (exact) mass is 307 g/mol. The quantitative estimate of drug-likeness (QED) is 0.880. The predicted molar refractivity (Wildman–Crippen MR) is 78.5 cm³/mol. The first kappa shape index (κ1) is 15.1. The Morgan fingerprint density at radius 1 is 1.29 bits per heavy atom. The molecule has 5 nitrogen and oxygen atoms in total. The second-order valence-electron chi connectivity index (χ2n) is 4.47. The number of ether oxygens (including phenoxy) is 1. The first-order chi connectivity index (χ1) is 9.97. The van der Waals surface area contributed by atoms with Gasteiger partial charge in [0.15, 0.2) is 6.61 Å². The van der Waals surface area contributed by atoms with E-state index in [0.29, 0.717) is 22.0 Å². The summed E-state index contributed by atoms with van der Waals surface area (Å²) >= 11 is 5.84. The second-order valence-corrected chi connectivity index (χ2v) is 4.91. The zero-order valence-electron chi connectivity index (χ0n) is 11.6. The zero-order chi connectivity index (χ0) is 15.4. The molecule has 0 saturated carbocycles. The predicted octanol–water partition coefficient (Wildman–Crippen LogP) is 3.35.